The highest BCUT2D eigenvalue weighted by Crippen LogP contribution is 2.51. The van der Waals surface area contributed by atoms with Crippen molar-refractivity contribution in [3.63, 3.8) is 0 Å². The monoisotopic (exact) mass is 246 g/mol. The molecule has 0 bridgehead atoms. The van der Waals surface area contributed by atoms with Gasteiger partial charge in [-0.25, -0.2) is 0 Å². The molecule has 0 atom stereocenters. The highest BCUT2D eigenvalue weighted by Gasteiger charge is 2.37. The third-order valence-corrected chi connectivity index (χ3v) is 5.30. The fourth-order valence-corrected chi connectivity index (χ4v) is 3.51. The van der Waals surface area contributed by atoms with Gasteiger partial charge in [-0.05, 0) is 50.0 Å². The van der Waals surface area contributed by atoms with E-state index in [4.69, 9.17) is 0 Å². The lowest BCUT2D eigenvalue weighted by atomic mass is 9.78. The lowest BCUT2D eigenvalue weighted by Gasteiger charge is -2.41. The first kappa shape index (κ1) is 12.8. The number of allylic oxidation sites excluding steroid dienone is 1. The van der Waals surface area contributed by atoms with Crippen molar-refractivity contribution in [3.05, 3.63) is 47.5 Å². The van der Waals surface area contributed by atoms with Crippen LogP contribution in [0.25, 0.3) is 0 Å². The summed E-state index contributed by atoms with van der Waals surface area (Å²) in [5.74, 6) is 0. The van der Waals surface area contributed by atoms with Gasteiger partial charge in [-0.3, -0.25) is 0 Å². The molecule has 0 nitrogen and oxygen atoms in total. The van der Waals surface area contributed by atoms with E-state index in [0.29, 0.717) is 4.75 Å². The maximum absolute atomic E-state index is 3.96. The molecule has 0 aliphatic heterocycles. The molecule has 1 fully saturated rings. The zero-order valence-electron chi connectivity index (χ0n) is 11.0. The summed E-state index contributed by atoms with van der Waals surface area (Å²) in [6.07, 6.45) is 8.56. The van der Waals surface area contributed by atoms with Crippen LogP contribution in [-0.2, 0) is 11.2 Å². The van der Waals surface area contributed by atoms with Gasteiger partial charge in [0.15, 0.2) is 0 Å². The predicted molar refractivity (Wildman–Crippen MR) is 78.6 cm³/mol. The Balaban J connectivity index is 2.05. The SMILES string of the molecule is C=C(C)CCc1ccc(C2(SC)CCC2)cc1. The molecule has 1 heteroatoms. The van der Waals surface area contributed by atoms with Crippen LogP contribution in [0.4, 0.5) is 0 Å². The van der Waals surface area contributed by atoms with Crippen molar-refractivity contribution in [2.45, 2.75) is 43.8 Å². The first-order valence-electron chi connectivity index (χ1n) is 6.45. The normalized spacial score (nSPS) is 17.5. The van der Waals surface area contributed by atoms with E-state index in [0.717, 1.165) is 12.8 Å². The Kier molecular flexibility index (Phi) is 3.98. The maximum atomic E-state index is 3.96. The Morgan fingerprint density at radius 3 is 2.35 bits per heavy atom. The lowest BCUT2D eigenvalue weighted by molar-refractivity contribution is 0.374. The molecule has 1 saturated carbocycles. The molecule has 0 unspecified atom stereocenters. The average Bonchev–Trinajstić information content (AvgIpc) is 2.27. The van der Waals surface area contributed by atoms with Gasteiger partial charge in [0.1, 0.15) is 0 Å². The van der Waals surface area contributed by atoms with E-state index in [-0.39, 0.29) is 0 Å². The van der Waals surface area contributed by atoms with Gasteiger partial charge < -0.3 is 0 Å². The second-order valence-corrected chi connectivity index (χ2v) is 6.40. The third kappa shape index (κ3) is 2.77. The zero-order chi connectivity index (χ0) is 12.3. The molecule has 0 aromatic heterocycles. The molecule has 0 spiro atoms. The molecule has 0 radical (unpaired) electrons. The van der Waals surface area contributed by atoms with Gasteiger partial charge in [-0.1, -0.05) is 36.3 Å². The molecule has 92 valence electrons. The maximum Gasteiger partial charge on any atom is 0.0405 e. The highest BCUT2D eigenvalue weighted by molar-refractivity contribution is 7.99. The Labute approximate surface area is 110 Å². The third-order valence-electron chi connectivity index (χ3n) is 3.87. The molecule has 2 rings (SSSR count). The van der Waals surface area contributed by atoms with Crippen molar-refractivity contribution in [2.24, 2.45) is 0 Å². The van der Waals surface area contributed by atoms with Crippen molar-refractivity contribution in [2.75, 3.05) is 6.26 Å². The van der Waals surface area contributed by atoms with E-state index in [1.807, 2.05) is 11.8 Å². The first-order valence-corrected chi connectivity index (χ1v) is 7.68. The van der Waals surface area contributed by atoms with Crippen LogP contribution in [0.2, 0.25) is 0 Å². The molecular formula is C16H22S. The molecule has 0 heterocycles. The summed E-state index contributed by atoms with van der Waals surface area (Å²) in [5, 5.41) is 0. The number of rotatable bonds is 5. The Morgan fingerprint density at radius 2 is 1.94 bits per heavy atom. The van der Waals surface area contributed by atoms with Crippen molar-refractivity contribution < 1.29 is 0 Å². The predicted octanol–water partition coefficient (Wildman–Crippen LogP) is 4.94. The van der Waals surface area contributed by atoms with Gasteiger partial charge in [0.05, 0.1) is 0 Å². The van der Waals surface area contributed by atoms with Crippen LogP contribution in [0.15, 0.2) is 36.4 Å². The average molecular weight is 246 g/mol. The van der Waals surface area contributed by atoms with E-state index in [9.17, 15) is 0 Å². The zero-order valence-corrected chi connectivity index (χ0v) is 11.8. The standard InChI is InChI=1S/C16H22S/c1-13(2)5-6-14-7-9-15(10-8-14)16(17-3)11-4-12-16/h7-10H,1,4-6,11-12H2,2-3H3. The van der Waals surface area contributed by atoms with Crippen molar-refractivity contribution in [1.29, 1.82) is 0 Å². The van der Waals surface area contributed by atoms with Gasteiger partial charge in [0.25, 0.3) is 0 Å². The van der Waals surface area contributed by atoms with Gasteiger partial charge in [-0.15, -0.1) is 6.58 Å². The Bertz CT molecular complexity index is 379. The number of benzene rings is 1. The lowest BCUT2D eigenvalue weighted by Crippen LogP contribution is -2.29. The number of thioether (sulfide) groups is 1. The molecule has 0 N–H and O–H groups in total. The topological polar surface area (TPSA) is 0 Å². The molecule has 1 aliphatic carbocycles. The van der Waals surface area contributed by atoms with E-state index in [2.05, 4.69) is 44.0 Å². The van der Waals surface area contributed by atoms with Crippen LogP contribution in [0, 0.1) is 0 Å². The molecule has 1 aromatic rings. The summed E-state index contributed by atoms with van der Waals surface area (Å²) < 4.78 is 0.437. The van der Waals surface area contributed by atoms with E-state index < -0.39 is 0 Å². The fourth-order valence-electron chi connectivity index (χ4n) is 2.44. The van der Waals surface area contributed by atoms with E-state index >= 15 is 0 Å². The summed E-state index contributed by atoms with van der Waals surface area (Å²) in [6, 6.07) is 9.27. The summed E-state index contributed by atoms with van der Waals surface area (Å²) >= 11 is 2.02. The number of aryl methyl sites for hydroxylation is 1. The minimum Gasteiger partial charge on any atom is -0.154 e. The second kappa shape index (κ2) is 5.30. The molecule has 1 aliphatic rings. The van der Waals surface area contributed by atoms with Crippen molar-refractivity contribution >= 4 is 11.8 Å². The summed E-state index contributed by atoms with van der Waals surface area (Å²) in [5.41, 5.74) is 4.23. The van der Waals surface area contributed by atoms with Crippen LogP contribution in [0.3, 0.4) is 0 Å². The van der Waals surface area contributed by atoms with Gasteiger partial charge >= 0.3 is 0 Å². The van der Waals surface area contributed by atoms with Gasteiger partial charge in [-0.2, -0.15) is 11.8 Å². The van der Waals surface area contributed by atoms with E-state index in [1.165, 1.54) is 36.0 Å². The molecule has 1 aromatic carbocycles. The first-order chi connectivity index (χ1) is 8.16. The highest BCUT2D eigenvalue weighted by atomic mass is 32.2. The van der Waals surface area contributed by atoms with E-state index in [1.54, 1.807) is 0 Å². The summed E-state index contributed by atoms with van der Waals surface area (Å²) in [7, 11) is 0. The minimum atomic E-state index is 0.437. The Morgan fingerprint density at radius 1 is 1.29 bits per heavy atom. The summed E-state index contributed by atoms with van der Waals surface area (Å²) in [6.45, 7) is 6.06. The second-order valence-electron chi connectivity index (χ2n) is 5.21. The van der Waals surface area contributed by atoms with Crippen LogP contribution < -0.4 is 0 Å². The Hall–Kier alpha value is -0.690. The molecule has 0 amide bonds. The largest absolute Gasteiger partial charge is 0.154 e. The van der Waals surface area contributed by atoms with Crippen molar-refractivity contribution in [1.82, 2.24) is 0 Å². The van der Waals surface area contributed by atoms with Crippen molar-refractivity contribution in [3.8, 4) is 0 Å². The summed E-state index contributed by atoms with van der Waals surface area (Å²) in [4.78, 5) is 0. The van der Waals surface area contributed by atoms with Gasteiger partial charge in [0, 0.05) is 4.75 Å². The smallest absolute Gasteiger partial charge is 0.0405 e. The quantitative estimate of drug-likeness (QED) is 0.663. The van der Waals surface area contributed by atoms with Crippen LogP contribution in [-0.4, -0.2) is 6.26 Å². The fraction of sp³-hybridized carbons (Fsp3) is 0.500. The molecule has 17 heavy (non-hydrogen) atoms. The van der Waals surface area contributed by atoms with Crippen LogP contribution >= 0.6 is 11.8 Å². The van der Waals surface area contributed by atoms with Crippen LogP contribution in [0.1, 0.15) is 43.7 Å². The molecule has 0 saturated heterocycles. The number of hydrogen-bond donors (Lipinski definition) is 0. The molecular weight excluding hydrogens is 224 g/mol. The minimum absolute atomic E-state index is 0.437. The van der Waals surface area contributed by atoms with Gasteiger partial charge in [0.2, 0.25) is 0 Å². The number of hydrogen-bond acceptors (Lipinski definition) is 1. The van der Waals surface area contributed by atoms with Crippen LogP contribution in [0.5, 0.6) is 0 Å².